The van der Waals surface area contributed by atoms with Gasteiger partial charge in [-0.1, -0.05) is 58.5 Å². The molecule has 0 spiro atoms. The van der Waals surface area contributed by atoms with Crippen molar-refractivity contribution in [2.45, 2.75) is 48.2 Å². The van der Waals surface area contributed by atoms with Gasteiger partial charge in [0.1, 0.15) is 5.01 Å². The molecule has 1 aromatic heterocycles. The second-order valence-corrected chi connectivity index (χ2v) is 5.11. The molecule has 2 aromatic rings. The molecule has 3 heteroatoms. The molecule has 1 aromatic carbocycles. The van der Waals surface area contributed by atoms with Crippen LogP contribution < -0.4 is 0 Å². The zero-order valence-corrected chi connectivity index (χ0v) is 13.2. The van der Waals surface area contributed by atoms with E-state index in [2.05, 4.69) is 52.5 Å². The first-order chi connectivity index (χ1) is 9.28. The van der Waals surface area contributed by atoms with Crippen LogP contribution in [0, 0.1) is 6.92 Å². The van der Waals surface area contributed by atoms with Crippen LogP contribution in [0.1, 0.15) is 44.5 Å². The summed E-state index contributed by atoms with van der Waals surface area (Å²) < 4.78 is 0. The van der Waals surface area contributed by atoms with Crippen molar-refractivity contribution >= 4 is 11.3 Å². The van der Waals surface area contributed by atoms with Crippen molar-refractivity contribution in [2.75, 3.05) is 6.54 Å². The van der Waals surface area contributed by atoms with Gasteiger partial charge in [0.15, 0.2) is 0 Å². The molecule has 1 heterocycles. The Morgan fingerprint density at radius 2 is 1.75 bits per heavy atom. The van der Waals surface area contributed by atoms with E-state index >= 15 is 0 Å². The fourth-order valence-electron chi connectivity index (χ4n) is 1.79. The smallest absolute Gasteiger partial charge is 0.107 e. The van der Waals surface area contributed by atoms with Crippen LogP contribution in [0.15, 0.2) is 35.7 Å². The molecule has 2 nitrogen and oxygen atoms in total. The highest BCUT2D eigenvalue weighted by atomic mass is 32.1. The van der Waals surface area contributed by atoms with Crippen molar-refractivity contribution in [1.29, 1.82) is 0 Å². The highest BCUT2D eigenvalue weighted by Gasteiger charge is 2.07. The number of nitrogens with zero attached hydrogens (tertiary/aromatic N) is 2. The average molecular weight is 292 g/mol. The molecular formula is C17H28N2S. The van der Waals surface area contributed by atoms with Crippen molar-refractivity contribution in [3.63, 3.8) is 0 Å². The molecule has 0 radical (unpaired) electrons. The lowest BCUT2D eigenvalue weighted by Gasteiger charge is -2.18. The van der Waals surface area contributed by atoms with Gasteiger partial charge in [-0.05, 0) is 19.0 Å². The number of hydrogen-bond donors (Lipinski definition) is 0. The summed E-state index contributed by atoms with van der Waals surface area (Å²) in [4.78, 5) is 6.93. The molecule has 0 amide bonds. The Morgan fingerprint density at radius 1 is 1.10 bits per heavy atom. The van der Waals surface area contributed by atoms with Gasteiger partial charge in [-0.3, -0.25) is 4.90 Å². The van der Waals surface area contributed by atoms with Crippen molar-refractivity contribution in [3.8, 4) is 0 Å². The third-order valence-corrected chi connectivity index (χ3v) is 3.67. The van der Waals surface area contributed by atoms with Gasteiger partial charge in [0, 0.05) is 17.6 Å². The van der Waals surface area contributed by atoms with Gasteiger partial charge < -0.3 is 0 Å². The topological polar surface area (TPSA) is 16.1 Å². The Hall–Kier alpha value is -1.19. The standard InChI is InChI=1S/C14H18N2S.C2H6.CH4/c1-3-16(9-13-7-5-4-6-8-13)10-14-15-12(2)11-17-14;1-2;/h4-8,11H,3,9-10H2,1-2H3;1-2H3;1H4. The fraction of sp³-hybridized carbons (Fsp3) is 0.471. The van der Waals surface area contributed by atoms with E-state index < -0.39 is 0 Å². The van der Waals surface area contributed by atoms with Gasteiger partial charge in [0.25, 0.3) is 0 Å². The molecule has 20 heavy (non-hydrogen) atoms. The first kappa shape index (κ1) is 18.8. The number of aryl methyl sites for hydroxylation is 1. The van der Waals surface area contributed by atoms with Gasteiger partial charge in [-0.25, -0.2) is 4.98 Å². The highest BCUT2D eigenvalue weighted by molar-refractivity contribution is 7.09. The number of benzene rings is 1. The van der Waals surface area contributed by atoms with Gasteiger partial charge in [-0.15, -0.1) is 11.3 Å². The molecule has 0 bridgehead atoms. The molecule has 2 rings (SSSR count). The Kier molecular flexibility index (Phi) is 9.95. The first-order valence-corrected chi connectivity index (χ1v) is 7.83. The van der Waals surface area contributed by atoms with E-state index in [0.717, 1.165) is 25.3 Å². The minimum atomic E-state index is 0. The second kappa shape index (κ2) is 10.6. The Balaban J connectivity index is 0.00000115. The Bertz CT molecular complexity index is 451. The predicted molar refractivity (Wildman–Crippen MR) is 91.2 cm³/mol. The third-order valence-electron chi connectivity index (χ3n) is 2.72. The summed E-state index contributed by atoms with van der Waals surface area (Å²) in [5.74, 6) is 0. The van der Waals surface area contributed by atoms with Gasteiger partial charge >= 0.3 is 0 Å². The van der Waals surface area contributed by atoms with Crippen LogP contribution in [0.2, 0.25) is 0 Å². The summed E-state index contributed by atoms with van der Waals surface area (Å²) in [6.45, 7) is 11.2. The lowest BCUT2D eigenvalue weighted by atomic mass is 10.2. The summed E-state index contributed by atoms with van der Waals surface area (Å²) >= 11 is 1.75. The molecule has 112 valence electrons. The number of aromatic nitrogens is 1. The maximum atomic E-state index is 4.52. The van der Waals surface area contributed by atoms with Crippen LogP contribution in [0.5, 0.6) is 0 Å². The molecule has 0 aliphatic carbocycles. The number of thiazole rings is 1. The zero-order chi connectivity index (χ0) is 14.1. The lowest BCUT2D eigenvalue weighted by Crippen LogP contribution is -2.22. The molecule has 0 N–H and O–H groups in total. The Labute approximate surface area is 128 Å². The molecule has 0 aliphatic heterocycles. The van der Waals surface area contributed by atoms with Crippen LogP contribution in [-0.2, 0) is 13.1 Å². The molecule has 0 unspecified atom stereocenters. The largest absolute Gasteiger partial charge is 0.293 e. The number of rotatable bonds is 5. The normalized spacial score (nSPS) is 9.65. The highest BCUT2D eigenvalue weighted by Crippen LogP contribution is 2.13. The second-order valence-electron chi connectivity index (χ2n) is 4.17. The van der Waals surface area contributed by atoms with Gasteiger partial charge in [-0.2, -0.15) is 0 Å². The Morgan fingerprint density at radius 3 is 2.25 bits per heavy atom. The summed E-state index contributed by atoms with van der Waals surface area (Å²) in [5, 5.41) is 3.33. The predicted octanol–water partition coefficient (Wildman–Crippen LogP) is 5.14. The van der Waals surface area contributed by atoms with E-state index in [-0.39, 0.29) is 7.43 Å². The van der Waals surface area contributed by atoms with Crippen molar-refractivity contribution < 1.29 is 0 Å². The average Bonchev–Trinajstić information content (AvgIpc) is 2.87. The van der Waals surface area contributed by atoms with Crippen LogP contribution in [-0.4, -0.2) is 16.4 Å². The van der Waals surface area contributed by atoms with Crippen molar-refractivity contribution in [3.05, 3.63) is 52.0 Å². The van der Waals surface area contributed by atoms with Crippen molar-refractivity contribution in [1.82, 2.24) is 9.88 Å². The zero-order valence-electron chi connectivity index (χ0n) is 12.4. The van der Waals surface area contributed by atoms with Gasteiger partial charge in [0.2, 0.25) is 0 Å². The van der Waals surface area contributed by atoms with Gasteiger partial charge in [0.05, 0.1) is 6.54 Å². The van der Waals surface area contributed by atoms with E-state index in [0.29, 0.717) is 0 Å². The SMILES string of the molecule is C.CC.CCN(Cc1ccccc1)Cc1nc(C)cs1. The van der Waals surface area contributed by atoms with Crippen LogP contribution in [0.3, 0.4) is 0 Å². The minimum absolute atomic E-state index is 0. The molecule has 0 atom stereocenters. The quantitative estimate of drug-likeness (QED) is 0.759. The summed E-state index contributed by atoms with van der Waals surface area (Å²) in [6.07, 6.45) is 0. The van der Waals surface area contributed by atoms with E-state index in [1.807, 2.05) is 20.8 Å². The molecule has 0 saturated heterocycles. The van der Waals surface area contributed by atoms with Crippen LogP contribution in [0.25, 0.3) is 0 Å². The molecule has 0 aliphatic rings. The van der Waals surface area contributed by atoms with Crippen LogP contribution in [0.4, 0.5) is 0 Å². The molecule has 0 saturated carbocycles. The monoisotopic (exact) mass is 292 g/mol. The summed E-state index contributed by atoms with van der Waals surface area (Å²) in [7, 11) is 0. The van der Waals surface area contributed by atoms with Crippen molar-refractivity contribution in [2.24, 2.45) is 0 Å². The molecule has 0 fully saturated rings. The van der Waals surface area contributed by atoms with E-state index in [1.165, 1.54) is 10.6 Å². The fourth-order valence-corrected chi connectivity index (χ4v) is 2.60. The summed E-state index contributed by atoms with van der Waals surface area (Å²) in [5.41, 5.74) is 2.49. The van der Waals surface area contributed by atoms with Crippen LogP contribution >= 0.6 is 11.3 Å². The maximum Gasteiger partial charge on any atom is 0.107 e. The van der Waals surface area contributed by atoms with E-state index in [1.54, 1.807) is 11.3 Å². The van der Waals surface area contributed by atoms with E-state index in [9.17, 15) is 0 Å². The van der Waals surface area contributed by atoms with E-state index in [4.69, 9.17) is 0 Å². The first-order valence-electron chi connectivity index (χ1n) is 6.95. The third kappa shape index (κ3) is 6.31. The minimum Gasteiger partial charge on any atom is -0.293 e. The summed E-state index contributed by atoms with van der Waals surface area (Å²) in [6, 6.07) is 10.6. The maximum absolute atomic E-state index is 4.52. The number of hydrogen-bond acceptors (Lipinski definition) is 3. The lowest BCUT2D eigenvalue weighted by molar-refractivity contribution is 0.271. The molecular weight excluding hydrogens is 264 g/mol.